The van der Waals surface area contributed by atoms with Gasteiger partial charge in [-0.15, -0.1) is 0 Å². The molecule has 0 spiro atoms. The second kappa shape index (κ2) is 9.00. The SMILES string of the molecule is COC[C@]12CN(S(=O)(=O)c3ccc(C)cc3)C[C@@]1(COC)CN(S(=O)(=O)c1ccc(C)cc1)C2. The van der Waals surface area contributed by atoms with Crippen molar-refractivity contribution in [1.29, 1.82) is 0 Å². The molecule has 10 heteroatoms. The summed E-state index contributed by atoms with van der Waals surface area (Å²) >= 11 is 0. The van der Waals surface area contributed by atoms with E-state index in [0.29, 0.717) is 0 Å². The molecular formula is C24H32N2O6S2. The number of aryl methyl sites for hydroxylation is 2. The van der Waals surface area contributed by atoms with Crippen LogP contribution in [0.4, 0.5) is 0 Å². The zero-order valence-corrected chi connectivity index (χ0v) is 21.7. The highest BCUT2D eigenvalue weighted by molar-refractivity contribution is 7.89. The monoisotopic (exact) mass is 508 g/mol. The number of benzene rings is 2. The minimum absolute atomic E-state index is 0.153. The number of hydrogen-bond donors (Lipinski definition) is 0. The Labute approximate surface area is 202 Å². The van der Waals surface area contributed by atoms with Gasteiger partial charge >= 0.3 is 0 Å². The van der Waals surface area contributed by atoms with Crippen molar-refractivity contribution in [1.82, 2.24) is 8.61 Å². The molecule has 0 amide bonds. The first-order valence-corrected chi connectivity index (χ1v) is 14.0. The van der Waals surface area contributed by atoms with E-state index in [1.54, 1.807) is 62.8 Å². The molecule has 0 N–H and O–H groups in total. The van der Waals surface area contributed by atoms with Gasteiger partial charge in [-0.3, -0.25) is 0 Å². The Morgan fingerprint density at radius 3 is 1.21 bits per heavy atom. The third kappa shape index (κ3) is 4.10. The molecule has 34 heavy (non-hydrogen) atoms. The molecule has 0 radical (unpaired) electrons. The Morgan fingerprint density at radius 1 is 0.647 bits per heavy atom. The number of sulfonamides is 2. The highest BCUT2D eigenvalue weighted by Crippen LogP contribution is 2.54. The standard InChI is InChI=1S/C24H32N2O6S2/c1-19-5-9-21(10-6-19)33(27,28)25-13-23(17-31-3)15-26(16-24(23,14-25)18-32-4)34(29,30)22-11-7-20(2)8-12-22/h5-12H,13-18H2,1-4H3/t23-,24+. The van der Waals surface area contributed by atoms with Crippen LogP contribution in [-0.4, -0.2) is 79.1 Å². The summed E-state index contributed by atoms with van der Waals surface area (Å²) in [5.74, 6) is 0. The second-order valence-corrected chi connectivity index (χ2v) is 13.5. The molecule has 186 valence electrons. The van der Waals surface area contributed by atoms with E-state index >= 15 is 0 Å². The quantitative estimate of drug-likeness (QED) is 0.543. The average Bonchev–Trinajstić information content (AvgIpc) is 3.24. The summed E-state index contributed by atoms with van der Waals surface area (Å²) in [7, 11) is -4.42. The molecule has 8 nitrogen and oxygen atoms in total. The average molecular weight is 509 g/mol. The highest BCUT2D eigenvalue weighted by Gasteiger charge is 2.66. The van der Waals surface area contributed by atoms with Gasteiger partial charge in [0.2, 0.25) is 20.0 Å². The van der Waals surface area contributed by atoms with E-state index in [2.05, 4.69) is 0 Å². The Bertz CT molecular complexity index is 1130. The van der Waals surface area contributed by atoms with Crippen LogP contribution >= 0.6 is 0 Å². The maximum Gasteiger partial charge on any atom is 0.243 e. The lowest BCUT2D eigenvalue weighted by atomic mass is 9.69. The van der Waals surface area contributed by atoms with Gasteiger partial charge in [-0.2, -0.15) is 8.61 Å². The number of nitrogens with zero attached hydrogens (tertiary/aromatic N) is 2. The van der Waals surface area contributed by atoms with Gasteiger partial charge in [0.15, 0.2) is 0 Å². The molecule has 2 saturated heterocycles. The van der Waals surface area contributed by atoms with Crippen LogP contribution < -0.4 is 0 Å². The van der Waals surface area contributed by atoms with E-state index in [-0.39, 0.29) is 49.2 Å². The molecule has 2 aliphatic heterocycles. The lowest BCUT2D eigenvalue weighted by Crippen LogP contribution is -2.46. The van der Waals surface area contributed by atoms with Crippen LogP contribution in [0.25, 0.3) is 0 Å². The van der Waals surface area contributed by atoms with Crippen molar-refractivity contribution in [2.75, 3.05) is 53.6 Å². The third-order valence-electron chi connectivity index (χ3n) is 7.20. The van der Waals surface area contributed by atoms with Crippen molar-refractivity contribution in [3.63, 3.8) is 0 Å². The number of ether oxygens (including phenoxy) is 2. The van der Waals surface area contributed by atoms with Gasteiger partial charge in [0.1, 0.15) is 0 Å². The van der Waals surface area contributed by atoms with Crippen LogP contribution in [0.3, 0.4) is 0 Å². The Morgan fingerprint density at radius 2 is 0.941 bits per heavy atom. The van der Waals surface area contributed by atoms with Gasteiger partial charge in [-0.25, -0.2) is 16.8 Å². The molecule has 0 unspecified atom stereocenters. The third-order valence-corrected chi connectivity index (χ3v) is 10.8. The fourth-order valence-corrected chi connectivity index (χ4v) is 8.56. The summed E-state index contributed by atoms with van der Waals surface area (Å²) in [5, 5.41) is 0. The molecule has 2 aromatic rings. The number of fused-ring (bicyclic) bond motifs is 1. The largest absolute Gasteiger partial charge is 0.384 e. The van der Waals surface area contributed by atoms with Gasteiger partial charge in [0.05, 0.1) is 23.0 Å². The van der Waals surface area contributed by atoms with Crippen molar-refractivity contribution < 1.29 is 26.3 Å². The summed E-state index contributed by atoms with van der Waals surface area (Å²) < 4.78 is 68.1. The molecule has 0 atom stereocenters. The fourth-order valence-electron chi connectivity index (χ4n) is 5.33. The van der Waals surface area contributed by atoms with Gasteiger partial charge in [0, 0.05) is 51.2 Å². The van der Waals surface area contributed by atoms with Crippen LogP contribution in [0.2, 0.25) is 0 Å². The van der Waals surface area contributed by atoms with E-state index in [4.69, 9.17) is 9.47 Å². The second-order valence-electron chi connectivity index (χ2n) is 9.60. The molecule has 2 heterocycles. The molecular weight excluding hydrogens is 476 g/mol. The van der Waals surface area contributed by atoms with Crippen molar-refractivity contribution in [2.24, 2.45) is 10.8 Å². The topological polar surface area (TPSA) is 93.2 Å². The Balaban J connectivity index is 1.72. The Kier molecular flexibility index (Phi) is 6.69. The van der Waals surface area contributed by atoms with Crippen LogP contribution in [-0.2, 0) is 29.5 Å². The summed E-state index contributed by atoms with van der Waals surface area (Å²) in [6.45, 7) is 4.86. The van der Waals surface area contributed by atoms with Gasteiger partial charge < -0.3 is 9.47 Å². The number of methoxy groups -OCH3 is 2. The van der Waals surface area contributed by atoms with Crippen molar-refractivity contribution >= 4 is 20.0 Å². The van der Waals surface area contributed by atoms with Crippen molar-refractivity contribution in [3.05, 3.63) is 59.7 Å². The normalized spacial score (nSPS) is 26.1. The summed E-state index contributed by atoms with van der Waals surface area (Å²) in [6, 6.07) is 13.5. The maximum atomic E-state index is 13.5. The lowest BCUT2D eigenvalue weighted by Gasteiger charge is -2.36. The first-order valence-electron chi connectivity index (χ1n) is 11.1. The van der Waals surface area contributed by atoms with Crippen LogP contribution in [0.5, 0.6) is 0 Å². The zero-order valence-electron chi connectivity index (χ0n) is 20.0. The van der Waals surface area contributed by atoms with Crippen LogP contribution in [0.1, 0.15) is 11.1 Å². The number of rotatable bonds is 8. The molecule has 2 aromatic carbocycles. The van der Waals surface area contributed by atoms with E-state index in [9.17, 15) is 16.8 Å². The van der Waals surface area contributed by atoms with Crippen LogP contribution in [0.15, 0.2) is 58.3 Å². The highest BCUT2D eigenvalue weighted by atomic mass is 32.2. The molecule has 0 aromatic heterocycles. The molecule has 0 bridgehead atoms. The Hall–Kier alpha value is -1.82. The minimum atomic E-state index is -3.77. The van der Waals surface area contributed by atoms with Crippen molar-refractivity contribution in [3.8, 4) is 0 Å². The van der Waals surface area contributed by atoms with Gasteiger partial charge in [-0.1, -0.05) is 35.4 Å². The summed E-state index contributed by atoms with van der Waals surface area (Å²) in [4.78, 5) is 0.449. The first-order chi connectivity index (χ1) is 16.0. The fraction of sp³-hybridized carbons (Fsp3) is 0.500. The van der Waals surface area contributed by atoms with Gasteiger partial charge in [-0.05, 0) is 38.1 Å². The molecule has 4 rings (SSSR count). The smallest absolute Gasteiger partial charge is 0.243 e. The van der Waals surface area contributed by atoms with Crippen LogP contribution in [0, 0.1) is 24.7 Å². The zero-order chi connectivity index (χ0) is 24.8. The minimum Gasteiger partial charge on any atom is -0.384 e. The van der Waals surface area contributed by atoms with E-state index in [0.717, 1.165) is 11.1 Å². The maximum absolute atomic E-state index is 13.5. The molecule has 0 saturated carbocycles. The van der Waals surface area contributed by atoms with E-state index in [1.807, 2.05) is 13.8 Å². The summed E-state index contributed by atoms with van der Waals surface area (Å²) in [5.41, 5.74) is 0.461. The molecule has 0 aliphatic carbocycles. The van der Waals surface area contributed by atoms with E-state index < -0.39 is 30.9 Å². The lowest BCUT2D eigenvalue weighted by molar-refractivity contribution is -0.00741. The molecule has 2 fully saturated rings. The van der Waals surface area contributed by atoms with Gasteiger partial charge in [0.25, 0.3) is 0 Å². The molecule has 2 aliphatic rings. The summed E-state index contributed by atoms with van der Waals surface area (Å²) in [6.07, 6.45) is 0. The number of hydrogen-bond acceptors (Lipinski definition) is 6. The first kappa shape index (κ1) is 25.3. The van der Waals surface area contributed by atoms with E-state index in [1.165, 1.54) is 8.61 Å². The predicted octanol–water partition coefficient (Wildman–Crippen LogP) is 2.28. The predicted molar refractivity (Wildman–Crippen MR) is 128 cm³/mol. The van der Waals surface area contributed by atoms with Crippen molar-refractivity contribution in [2.45, 2.75) is 23.6 Å².